The van der Waals surface area contributed by atoms with Crippen LogP contribution in [0.2, 0.25) is 0 Å². The van der Waals surface area contributed by atoms with E-state index >= 15 is 0 Å². The highest BCUT2D eigenvalue weighted by Crippen LogP contribution is 2.42. The topological polar surface area (TPSA) is 51.0 Å². The van der Waals surface area contributed by atoms with E-state index in [0.29, 0.717) is 23.8 Å². The van der Waals surface area contributed by atoms with Crippen LogP contribution in [0.5, 0.6) is 0 Å². The van der Waals surface area contributed by atoms with E-state index in [1.165, 1.54) is 38.1 Å². The average molecular weight is 376 g/mol. The minimum absolute atomic E-state index is 0.00966. The molecule has 2 aromatic heterocycles. The molecule has 0 N–H and O–H groups in total. The van der Waals surface area contributed by atoms with E-state index in [4.69, 9.17) is 5.10 Å². The zero-order chi connectivity index (χ0) is 18.8. The van der Waals surface area contributed by atoms with Crippen LogP contribution in [0.25, 0.3) is 16.6 Å². The number of pyridine rings is 1. The van der Waals surface area contributed by atoms with Gasteiger partial charge in [0.2, 0.25) is 0 Å². The maximum Gasteiger partial charge on any atom is 0.168 e. The monoisotopic (exact) mass is 376 g/mol. The summed E-state index contributed by atoms with van der Waals surface area (Å²) in [4.78, 5) is 20.3. The van der Waals surface area contributed by atoms with Crippen molar-refractivity contribution in [3.05, 3.63) is 53.7 Å². The third-order valence-corrected chi connectivity index (χ3v) is 6.97. The molecule has 1 unspecified atom stereocenters. The molecule has 0 saturated carbocycles. The fourth-order valence-electron chi connectivity index (χ4n) is 5.56. The molecule has 1 aromatic carbocycles. The van der Waals surface area contributed by atoms with Crippen LogP contribution in [-0.4, -0.2) is 45.1 Å². The third kappa shape index (κ3) is 2.30. The van der Waals surface area contributed by atoms with Gasteiger partial charge in [0, 0.05) is 36.0 Å². The lowest BCUT2D eigenvalue weighted by atomic mass is 9.67. The van der Waals surface area contributed by atoms with Crippen molar-refractivity contribution in [1.29, 1.82) is 0 Å². The van der Waals surface area contributed by atoms with Gasteiger partial charge in [-0.2, -0.15) is 5.10 Å². The van der Waals surface area contributed by atoms with Crippen LogP contribution in [0.3, 0.4) is 0 Å². The summed E-state index contributed by atoms with van der Waals surface area (Å²) in [6.07, 6.45) is 6.55. The van der Waals surface area contributed by atoms with Gasteiger partial charge in [0.25, 0.3) is 0 Å². The molecule has 0 amide bonds. The number of nitrogens with zero attached hydrogens (tertiary/aromatic N) is 4. The first-order valence-corrected chi connectivity index (χ1v) is 10.1. The highest BCUT2D eigenvalue weighted by Gasteiger charge is 2.44. The lowest BCUT2D eigenvalue weighted by molar-refractivity contribution is 0.0192. The summed E-state index contributed by atoms with van der Waals surface area (Å²) in [6.45, 7) is 3.37. The summed E-state index contributed by atoms with van der Waals surface area (Å²) in [5, 5.41) is 5.77. The van der Waals surface area contributed by atoms with Gasteiger partial charge in [-0.05, 0) is 62.0 Å². The first-order chi connectivity index (χ1) is 13.7. The lowest BCUT2D eigenvalue weighted by Gasteiger charge is -2.47. The van der Waals surface area contributed by atoms with E-state index in [0.717, 1.165) is 28.8 Å². The van der Waals surface area contributed by atoms with Crippen LogP contribution in [-0.2, 0) is 6.42 Å². The van der Waals surface area contributed by atoms with Gasteiger partial charge in [-0.25, -0.2) is 9.07 Å². The predicted molar refractivity (Wildman–Crippen MR) is 103 cm³/mol. The Bertz CT molecular complexity index is 1080. The fraction of sp³-hybridized carbons (Fsp3) is 0.409. The minimum Gasteiger partial charge on any atom is -0.303 e. The van der Waals surface area contributed by atoms with Gasteiger partial charge in [0.05, 0.1) is 23.1 Å². The smallest absolute Gasteiger partial charge is 0.168 e. The van der Waals surface area contributed by atoms with Crippen LogP contribution in [0, 0.1) is 23.6 Å². The van der Waals surface area contributed by atoms with Gasteiger partial charge in [0.1, 0.15) is 5.82 Å². The normalized spacial score (nSPS) is 28.8. The standard InChI is InChI=1S/C22H21FN4O/c23-14-1-3-15(4-2-14)27-20-11-24-10-17-21(20)19(25-27)9-16(22(17)28)18-12-26-7-5-13(18)6-8-26/h1-4,10-11,13,16,18H,5-9,12H2/t16-,18?/m0/s1. The molecule has 3 fully saturated rings. The number of rotatable bonds is 2. The van der Waals surface area contributed by atoms with E-state index in [1.54, 1.807) is 29.2 Å². The molecule has 4 aliphatic rings. The highest BCUT2D eigenvalue weighted by atomic mass is 19.1. The number of hydrogen-bond donors (Lipinski definition) is 0. The number of carbonyl (C=O) groups excluding carboxylic acids is 1. The average Bonchev–Trinajstić information content (AvgIpc) is 3.11. The van der Waals surface area contributed by atoms with E-state index in [-0.39, 0.29) is 17.5 Å². The molecule has 28 heavy (non-hydrogen) atoms. The Hall–Kier alpha value is -2.60. The first-order valence-electron chi connectivity index (χ1n) is 10.1. The van der Waals surface area contributed by atoms with Crippen molar-refractivity contribution in [3.8, 4) is 5.69 Å². The molecule has 5 nitrogen and oxygen atoms in total. The SMILES string of the molecule is O=C1c2cncc3c2c(nn3-c2ccc(F)cc2)C[C@H]1C1CN2CCC1CC2. The molecule has 2 bridgehead atoms. The van der Waals surface area contributed by atoms with E-state index in [2.05, 4.69) is 9.88 Å². The number of fused-ring (bicyclic) bond motifs is 3. The van der Waals surface area contributed by atoms with Gasteiger partial charge in [-0.1, -0.05) is 0 Å². The molecular weight excluding hydrogens is 355 g/mol. The maximum absolute atomic E-state index is 13.4. The summed E-state index contributed by atoms with van der Waals surface area (Å²) in [7, 11) is 0. The summed E-state index contributed by atoms with van der Waals surface area (Å²) in [5.41, 5.74) is 3.27. The Morgan fingerprint density at radius 2 is 1.86 bits per heavy atom. The van der Waals surface area contributed by atoms with Crippen molar-refractivity contribution >= 4 is 16.7 Å². The Kier molecular flexibility index (Phi) is 3.48. The zero-order valence-electron chi connectivity index (χ0n) is 15.5. The van der Waals surface area contributed by atoms with Crippen LogP contribution >= 0.6 is 0 Å². The second kappa shape index (κ2) is 5.95. The van der Waals surface area contributed by atoms with Gasteiger partial charge in [-0.15, -0.1) is 0 Å². The lowest BCUT2D eigenvalue weighted by Crippen LogP contribution is -2.51. The van der Waals surface area contributed by atoms with Crippen molar-refractivity contribution < 1.29 is 9.18 Å². The van der Waals surface area contributed by atoms with Gasteiger partial charge < -0.3 is 4.90 Å². The van der Waals surface area contributed by atoms with Crippen molar-refractivity contribution in [2.75, 3.05) is 19.6 Å². The molecule has 5 heterocycles. The zero-order valence-corrected chi connectivity index (χ0v) is 15.5. The largest absolute Gasteiger partial charge is 0.303 e. The van der Waals surface area contributed by atoms with Crippen LogP contribution in [0.15, 0.2) is 36.7 Å². The fourth-order valence-corrected chi connectivity index (χ4v) is 5.56. The molecule has 1 aliphatic carbocycles. The van der Waals surface area contributed by atoms with Crippen LogP contribution in [0.4, 0.5) is 4.39 Å². The molecule has 3 saturated heterocycles. The number of Topliss-reactive ketones (excluding diaryl/α,β-unsaturated/α-hetero) is 1. The molecule has 7 rings (SSSR count). The number of halogens is 1. The number of aromatic nitrogens is 3. The van der Waals surface area contributed by atoms with Crippen molar-refractivity contribution in [3.63, 3.8) is 0 Å². The molecule has 0 spiro atoms. The second-order valence-corrected chi connectivity index (χ2v) is 8.39. The Morgan fingerprint density at radius 3 is 2.57 bits per heavy atom. The first kappa shape index (κ1) is 16.4. The molecule has 6 heteroatoms. The highest BCUT2D eigenvalue weighted by molar-refractivity contribution is 6.11. The number of ketones is 1. The molecule has 2 atom stereocenters. The molecule has 3 aliphatic heterocycles. The molecule has 142 valence electrons. The van der Waals surface area contributed by atoms with Gasteiger partial charge in [0.15, 0.2) is 5.78 Å². The summed E-state index contributed by atoms with van der Waals surface area (Å²) in [5.74, 6) is 0.995. The summed E-state index contributed by atoms with van der Waals surface area (Å²) < 4.78 is 15.2. The minimum atomic E-state index is -0.277. The Morgan fingerprint density at radius 1 is 1.07 bits per heavy atom. The number of hydrogen-bond acceptors (Lipinski definition) is 4. The molecule has 0 radical (unpaired) electrons. The molecular formula is C22H21FN4O. The third-order valence-electron chi connectivity index (χ3n) is 6.97. The maximum atomic E-state index is 13.4. The van der Waals surface area contributed by atoms with E-state index in [9.17, 15) is 9.18 Å². The van der Waals surface area contributed by atoms with Crippen molar-refractivity contribution in [2.45, 2.75) is 19.3 Å². The van der Waals surface area contributed by atoms with Crippen LogP contribution < -0.4 is 0 Å². The Labute approximate surface area is 162 Å². The Balaban J connectivity index is 1.45. The predicted octanol–water partition coefficient (Wildman–Crippen LogP) is 3.26. The number of benzene rings is 1. The summed E-state index contributed by atoms with van der Waals surface area (Å²) >= 11 is 0. The second-order valence-electron chi connectivity index (χ2n) is 8.39. The quantitative estimate of drug-likeness (QED) is 0.689. The van der Waals surface area contributed by atoms with Crippen LogP contribution in [0.1, 0.15) is 28.9 Å². The van der Waals surface area contributed by atoms with Crippen molar-refractivity contribution in [2.24, 2.45) is 17.8 Å². The summed E-state index contributed by atoms with van der Waals surface area (Å²) in [6, 6.07) is 6.28. The van der Waals surface area contributed by atoms with Gasteiger partial charge >= 0.3 is 0 Å². The van der Waals surface area contributed by atoms with Crippen molar-refractivity contribution in [1.82, 2.24) is 19.7 Å². The van der Waals surface area contributed by atoms with E-state index in [1.807, 2.05) is 0 Å². The van der Waals surface area contributed by atoms with Gasteiger partial charge in [-0.3, -0.25) is 9.78 Å². The number of piperidine rings is 3. The molecule has 3 aromatic rings. The number of carbonyl (C=O) groups is 1. The van der Waals surface area contributed by atoms with E-state index < -0.39 is 0 Å².